The predicted octanol–water partition coefficient (Wildman–Crippen LogP) is 5.32. The molecule has 0 aromatic heterocycles. The average Bonchev–Trinajstić information content (AvgIpc) is 2.64. The van der Waals surface area contributed by atoms with Gasteiger partial charge in [0.2, 0.25) is 0 Å². The van der Waals surface area contributed by atoms with E-state index in [0.29, 0.717) is 33.7 Å². The molecule has 0 saturated carbocycles. The van der Waals surface area contributed by atoms with Crippen LogP contribution in [0.15, 0.2) is 55.1 Å². The molecule has 4 nitrogen and oxygen atoms in total. The Balaban J connectivity index is 2.12. The van der Waals surface area contributed by atoms with Crippen molar-refractivity contribution in [1.82, 2.24) is 0 Å². The first-order valence-electron chi connectivity index (χ1n) is 7.74. The molecular weight excluding hydrogens is 375 g/mol. The number of benzene rings is 2. The standard InChI is InChI=1S/C20H18Cl2O4/c1-3-10-25-19(23)9-6-15-11-17(22)20(18(12-15)24-2)26-13-14-4-7-16(21)8-5-14/h3-9,11-12H,1,10,13H2,2H3/b9-6+. The van der Waals surface area contributed by atoms with Gasteiger partial charge in [-0.05, 0) is 41.5 Å². The highest BCUT2D eigenvalue weighted by Gasteiger charge is 2.12. The van der Waals surface area contributed by atoms with Gasteiger partial charge >= 0.3 is 5.97 Å². The maximum atomic E-state index is 11.5. The van der Waals surface area contributed by atoms with E-state index < -0.39 is 5.97 Å². The fraction of sp³-hybridized carbons (Fsp3) is 0.150. The Morgan fingerprint density at radius 1 is 1.19 bits per heavy atom. The molecule has 2 rings (SSSR count). The van der Waals surface area contributed by atoms with Crippen LogP contribution in [0.4, 0.5) is 0 Å². The Bertz CT molecular complexity index is 798. The van der Waals surface area contributed by atoms with Crippen LogP contribution in [0.3, 0.4) is 0 Å². The molecule has 0 fully saturated rings. The molecule has 0 bridgehead atoms. The zero-order chi connectivity index (χ0) is 18.9. The molecular formula is C20H18Cl2O4. The van der Waals surface area contributed by atoms with E-state index in [1.54, 1.807) is 30.3 Å². The number of halogens is 2. The summed E-state index contributed by atoms with van der Waals surface area (Å²) < 4.78 is 16.0. The first-order valence-corrected chi connectivity index (χ1v) is 8.49. The average molecular weight is 393 g/mol. The van der Waals surface area contributed by atoms with Gasteiger partial charge in [-0.3, -0.25) is 0 Å². The van der Waals surface area contributed by atoms with E-state index in [9.17, 15) is 4.79 Å². The molecule has 26 heavy (non-hydrogen) atoms. The van der Waals surface area contributed by atoms with Gasteiger partial charge in [0, 0.05) is 11.1 Å². The fourth-order valence-electron chi connectivity index (χ4n) is 2.07. The smallest absolute Gasteiger partial charge is 0.331 e. The van der Waals surface area contributed by atoms with E-state index in [1.807, 2.05) is 12.1 Å². The highest BCUT2D eigenvalue weighted by atomic mass is 35.5. The first-order chi connectivity index (χ1) is 12.5. The van der Waals surface area contributed by atoms with E-state index in [0.717, 1.165) is 5.56 Å². The lowest BCUT2D eigenvalue weighted by atomic mass is 10.2. The SMILES string of the molecule is C=CCOC(=O)/C=C/c1cc(Cl)c(OCc2ccc(Cl)cc2)c(OC)c1. The van der Waals surface area contributed by atoms with E-state index in [2.05, 4.69) is 6.58 Å². The first kappa shape index (κ1) is 19.9. The molecule has 0 aliphatic heterocycles. The molecule has 0 unspecified atom stereocenters. The lowest BCUT2D eigenvalue weighted by Crippen LogP contribution is -2.00. The molecule has 2 aromatic carbocycles. The second-order valence-corrected chi connectivity index (χ2v) is 6.04. The van der Waals surface area contributed by atoms with Crippen LogP contribution in [-0.2, 0) is 16.1 Å². The van der Waals surface area contributed by atoms with E-state index in [1.165, 1.54) is 19.3 Å². The van der Waals surface area contributed by atoms with Crippen LogP contribution in [0, 0.1) is 0 Å². The second-order valence-electron chi connectivity index (χ2n) is 5.20. The molecule has 0 amide bonds. The lowest BCUT2D eigenvalue weighted by Gasteiger charge is -2.13. The van der Waals surface area contributed by atoms with E-state index >= 15 is 0 Å². The van der Waals surface area contributed by atoms with Crippen LogP contribution < -0.4 is 9.47 Å². The van der Waals surface area contributed by atoms with Gasteiger partial charge in [-0.2, -0.15) is 0 Å². The van der Waals surface area contributed by atoms with Crippen molar-refractivity contribution in [2.45, 2.75) is 6.61 Å². The van der Waals surface area contributed by atoms with Crippen molar-refractivity contribution >= 4 is 35.2 Å². The topological polar surface area (TPSA) is 44.8 Å². The van der Waals surface area contributed by atoms with Crippen LogP contribution in [0.5, 0.6) is 11.5 Å². The zero-order valence-corrected chi connectivity index (χ0v) is 15.7. The van der Waals surface area contributed by atoms with Gasteiger partial charge in [0.15, 0.2) is 11.5 Å². The van der Waals surface area contributed by atoms with Crippen molar-refractivity contribution in [1.29, 1.82) is 0 Å². The van der Waals surface area contributed by atoms with Crippen molar-refractivity contribution in [2.75, 3.05) is 13.7 Å². The van der Waals surface area contributed by atoms with Crippen molar-refractivity contribution in [2.24, 2.45) is 0 Å². The molecule has 0 N–H and O–H groups in total. The van der Waals surface area contributed by atoms with Gasteiger partial charge in [0.25, 0.3) is 0 Å². The molecule has 0 heterocycles. The van der Waals surface area contributed by atoms with Gasteiger partial charge in [0.05, 0.1) is 12.1 Å². The number of esters is 1. The molecule has 6 heteroatoms. The highest BCUT2D eigenvalue weighted by Crippen LogP contribution is 2.37. The third-order valence-corrected chi connectivity index (χ3v) is 3.84. The zero-order valence-electron chi connectivity index (χ0n) is 14.2. The molecule has 0 radical (unpaired) electrons. The summed E-state index contributed by atoms with van der Waals surface area (Å²) in [5.41, 5.74) is 1.63. The summed E-state index contributed by atoms with van der Waals surface area (Å²) in [6.45, 7) is 3.96. The summed E-state index contributed by atoms with van der Waals surface area (Å²) >= 11 is 12.2. The number of carbonyl (C=O) groups excluding carboxylic acids is 1. The van der Waals surface area contributed by atoms with Gasteiger partial charge in [0.1, 0.15) is 13.2 Å². The lowest BCUT2D eigenvalue weighted by molar-refractivity contribution is -0.136. The summed E-state index contributed by atoms with van der Waals surface area (Å²) in [5.74, 6) is 0.420. The summed E-state index contributed by atoms with van der Waals surface area (Å²) in [7, 11) is 1.52. The minimum Gasteiger partial charge on any atom is -0.493 e. The largest absolute Gasteiger partial charge is 0.493 e. The summed E-state index contributed by atoms with van der Waals surface area (Å²) in [5, 5.41) is 1.03. The van der Waals surface area contributed by atoms with Crippen LogP contribution in [0.1, 0.15) is 11.1 Å². The molecule has 136 valence electrons. The summed E-state index contributed by atoms with van der Waals surface area (Å²) in [6, 6.07) is 10.7. The Hall–Kier alpha value is -2.43. The Kier molecular flexibility index (Phi) is 7.57. The van der Waals surface area contributed by atoms with Crippen molar-refractivity contribution < 1.29 is 19.0 Å². The molecule has 0 saturated heterocycles. The number of carbonyl (C=O) groups is 1. The van der Waals surface area contributed by atoms with Crippen LogP contribution >= 0.6 is 23.2 Å². The minimum atomic E-state index is -0.469. The normalized spacial score (nSPS) is 10.6. The summed E-state index contributed by atoms with van der Waals surface area (Å²) in [4.78, 5) is 11.5. The van der Waals surface area contributed by atoms with Crippen LogP contribution in [0.25, 0.3) is 6.08 Å². The van der Waals surface area contributed by atoms with Gasteiger partial charge in [-0.25, -0.2) is 4.79 Å². The quantitative estimate of drug-likeness (QED) is 0.346. The molecule has 0 aliphatic rings. The predicted molar refractivity (Wildman–Crippen MR) is 104 cm³/mol. The number of methoxy groups -OCH3 is 1. The minimum absolute atomic E-state index is 0.157. The number of hydrogen-bond acceptors (Lipinski definition) is 4. The van der Waals surface area contributed by atoms with Gasteiger partial charge in [-0.15, -0.1) is 0 Å². The second kappa shape index (κ2) is 9.90. The number of hydrogen-bond donors (Lipinski definition) is 0. The van der Waals surface area contributed by atoms with Crippen molar-refractivity contribution in [3.05, 3.63) is 76.3 Å². The van der Waals surface area contributed by atoms with Crippen molar-refractivity contribution in [3.63, 3.8) is 0 Å². The third kappa shape index (κ3) is 5.83. The maximum Gasteiger partial charge on any atom is 0.331 e. The van der Waals surface area contributed by atoms with Gasteiger partial charge in [-0.1, -0.05) is 48.0 Å². The Morgan fingerprint density at radius 3 is 2.58 bits per heavy atom. The number of rotatable bonds is 8. The monoisotopic (exact) mass is 392 g/mol. The van der Waals surface area contributed by atoms with Crippen LogP contribution in [-0.4, -0.2) is 19.7 Å². The van der Waals surface area contributed by atoms with Crippen molar-refractivity contribution in [3.8, 4) is 11.5 Å². The summed E-state index contributed by atoms with van der Waals surface area (Å²) in [6.07, 6.45) is 4.39. The third-order valence-electron chi connectivity index (χ3n) is 3.30. The fourth-order valence-corrected chi connectivity index (χ4v) is 2.47. The Labute approximate surface area is 162 Å². The van der Waals surface area contributed by atoms with E-state index in [4.69, 9.17) is 37.4 Å². The molecule has 2 aromatic rings. The number of ether oxygens (including phenoxy) is 3. The molecule has 0 atom stereocenters. The molecule has 0 aliphatic carbocycles. The van der Waals surface area contributed by atoms with Gasteiger partial charge < -0.3 is 14.2 Å². The highest BCUT2D eigenvalue weighted by molar-refractivity contribution is 6.32. The van der Waals surface area contributed by atoms with Crippen LogP contribution in [0.2, 0.25) is 10.0 Å². The maximum absolute atomic E-state index is 11.5. The molecule has 0 spiro atoms. The Morgan fingerprint density at radius 2 is 1.92 bits per heavy atom. The van der Waals surface area contributed by atoms with E-state index in [-0.39, 0.29) is 6.61 Å².